The number of hydrogen-bond acceptors (Lipinski definition) is 3. The fraction of sp³-hybridized carbons (Fsp3) is 0.455. The van der Waals surface area contributed by atoms with Crippen molar-refractivity contribution in [2.75, 3.05) is 10.0 Å². The third-order valence-electron chi connectivity index (χ3n) is 2.85. The van der Waals surface area contributed by atoms with E-state index in [0.717, 1.165) is 11.6 Å². The Morgan fingerprint density at radius 1 is 1.35 bits per heavy atom. The summed E-state index contributed by atoms with van der Waals surface area (Å²) >= 11 is 0. The summed E-state index contributed by atoms with van der Waals surface area (Å²) in [5.74, 6) is 0.741. The van der Waals surface area contributed by atoms with Crippen LogP contribution in [0.15, 0.2) is 24.3 Å². The minimum atomic E-state index is -3.70. The molecule has 1 atom stereocenters. The van der Waals surface area contributed by atoms with Crippen LogP contribution in [0.1, 0.15) is 19.8 Å². The minimum Gasteiger partial charge on any atom is -0.382 e. The van der Waals surface area contributed by atoms with Gasteiger partial charge < -0.3 is 5.32 Å². The first-order valence-electron chi connectivity index (χ1n) is 5.61. The van der Waals surface area contributed by atoms with Gasteiger partial charge in [0.05, 0.1) is 5.69 Å². The van der Waals surface area contributed by atoms with Crippen molar-refractivity contribution in [2.24, 2.45) is 11.1 Å². The van der Waals surface area contributed by atoms with Gasteiger partial charge in [-0.2, -0.15) is 8.42 Å². The first kappa shape index (κ1) is 12.2. The maximum Gasteiger partial charge on any atom is 0.296 e. The number of nitrogens with two attached hydrogens (primary N) is 1. The molecule has 0 saturated heterocycles. The van der Waals surface area contributed by atoms with E-state index in [1.54, 1.807) is 18.2 Å². The highest BCUT2D eigenvalue weighted by molar-refractivity contribution is 7.90. The van der Waals surface area contributed by atoms with E-state index in [4.69, 9.17) is 5.14 Å². The lowest BCUT2D eigenvalue weighted by Crippen LogP contribution is -2.22. The summed E-state index contributed by atoms with van der Waals surface area (Å²) in [7, 11) is -3.70. The fourth-order valence-electron chi connectivity index (χ4n) is 1.81. The van der Waals surface area contributed by atoms with Crippen molar-refractivity contribution in [3.05, 3.63) is 24.3 Å². The number of nitrogens with one attached hydrogen (secondary N) is 2. The summed E-state index contributed by atoms with van der Waals surface area (Å²) in [4.78, 5) is 0. The van der Waals surface area contributed by atoms with E-state index in [9.17, 15) is 8.42 Å². The summed E-state index contributed by atoms with van der Waals surface area (Å²) in [6.07, 6.45) is 2.53. The first-order chi connectivity index (χ1) is 7.94. The second-order valence-electron chi connectivity index (χ2n) is 4.50. The molecule has 0 radical (unpaired) electrons. The van der Waals surface area contributed by atoms with E-state index < -0.39 is 10.2 Å². The molecule has 6 heteroatoms. The van der Waals surface area contributed by atoms with Crippen LogP contribution in [-0.4, -0.2) is 14.5 Å². The van der Waals surface area contributed by atoms with E-state index in [2.05, 4.69) is 17.0 Å². The summed E-state index contributed by atoms with van der Waals surface area (Å²) in [5.41, 5.74) is 1.37. The molecule has 1 aliphatic carbocycles. The van der Waals surface area contributed by atoms with Gasteiger partial charge in [-0.05, 0) is 43.9 Å². The molecule has 0 aromatic heterocycles. The molecule has 0 bridgehead atoms. The van der Waals surface area contributed by atoms with Crippen molar-refractivity contribution in [2.45, 2.75) is 25.8 Å². The van der Waals surface area contributed by atoms with Crippen LogP contribution in [0.4, 0.5) is 11.4 Å². The molecule has 1 fully saturated rings. The lowest BCUT2D eigenvalue weighted by molar-refractivity contribution is 0.603. The number of benzene rings is 1. The standard InChI is InChI=1S/C11H17N3O2S/c1-8(9-5-6-9)13-10-3-2-4-11(7-10)14-17(12,15)16/h2-4,7-9,13-14H,5-6H2,1H3,(H2,12,15,16). The van der Waals surface area contributed by atoms with Crippen LogP contribution >= 0.6 is 0 Å². The zero-order valence-corrected chi connectivity index (χ0v) is 10.5. The van der Waals surface area contributed by atoms with Gasteiger partial charge in [0.25, 0.3) is 10.2 Å². The molecule has 2 rings (SSSR count). The fourth-order valence-corrected chi connectivity index (χ4v) is 2.27. The molecule has 1 aromatic carbocycles. The highest BCUT2D eigenvalue weighted by Gasteiger charge is 2.27. The van der Waals surface area contributed by atoms with E-state index >= 15 is 0 Å². The average molecular weight is 255 g/mol. The van der Waals surface area contributed by atoms with Crippen LogP contribution < -0.4 is 15.2 Å². The normalized spacial score (nSPS) is 17.5. The molecule has 0 heterocycles. The van der Waals surface area contributed by atoms with Crippen molar-refractivity contribution in [1.29, 1.82) is 0 Å². The zero-order valence-electron chi connectivity index (χ0n) is 9.68. The maximum absolute atomic E-state index is 10.9. The Morgan fingerprint density at radius 3 is 2.59 bits per heavy atom. The summed E-state index contributed by atoms with van der Waals surface area (Å²) in [5, 5.41) is 8.27. The highest BCUT2D eigenvalue weighted by Crippen LogP contribution is 2.34. The van der Waals surface area contributed by atoms with Gasteiger partial charge in [0, 0.05) is 11.7 Å². The largest absolute Gasteiger partial charge is 0.382 e. The van der Waals surface area contributed by atoms with Crippen molar-refractivity contribution in [3.8, 4) is 0 Å². The van der Waals surface area contributed by atoms with Crippen LogP contribution in [0.2, 0.25) is 0 Å². The quantitative estimate of drug-likeness (QED) is 0.745. The molecule has 5 nitrogen and oxygen atoms in total. The Balaban J connectivity index is 2.05. The van der Waals surface area contributed by atoms with Gasteiger partial charge in [0.15, 0.2) is 0 Å². The Kier molecular flexibility index (Phi) is 3.26. The molecular formula is C11H17N3O2S. The maximum atomic E-state index is 10.9. The van der Waals surface area contributed by atoms with Crippen molar-refractivity contribution in [3.63, 3.8) is 0 Å². The van der Waals surface area contributed by atoms with Crippen LogP contribution in [0.5, 0.6) is 0 Å². The van der Waals surface area contributed by atoms with Crippen molar-refractivity contribution >= 4 is 21.6 Å². The molecule has 17 heavy (non-hydrogen) atoms. The molecule has 1 aromatic rings. The van der Waals surface area contributed by atoms with Crippen LogP contribution in [0.3, 0.4) is 0 Å². The lowest BCUT2D eigenvalue weighted by Gasteiger charge is -2.15. The van der Waals surface area contributed by atoms with E-state index in [-0.39, 0.29) is 0 Å². The third-order valence-corrected chi connectivity index (χ3v) is 3.37. The smallest absolute Gasteiger partial charge is 0.296 e. The van der Waals surface area contributed by atoms with Gasteiger partial charge in [-0.3, -0.25) is 4.72 Å². The first-order valence-corrected chi connectivity index (χ1v) is 7.16. The van der Waals surface area contributed by atoms with Gasteiger partial charge in [-0.1, -0.05) is 6.07 Å². The molecule has 4 N–H and O–H groups in total. The molecule has 1 unspecified atom stereocenters. The Labute approximate surface area is 102 Å². The molecule has 1 aliphatic rings. The van der Waals surface area contributed by atoms with Gasteiger partial charge in [-0.15, -0.1) is 0 Å². The monoisotopic (exact) mass is 255 g/mol. The number of rotatable bonds is 5. The summed E-state index contributed by atoms with van der Waals surface area (Å²) in [6, 6.07) is 7.52. The summed E-state index contributed by atoms with van der Waals surface area (Å²) in [6.45, 7) is 2.14. The van der Waals surface area contributed by atoms with Crippen LogP contribution in [0.25, 0.3) is 0 Å². The number of anilines is 2. The van der Waals surface area contributed by atoms with Crippen LogP contribution in [0, 0.1) is 5.92 Å². The Hall–Kier alpha value is -1.27. The Morgan fingerprint density at radius 2 is 2.00 bits per heavy atom. The zero-order chi connectivity index (χ0) is 12.5. The van der Waals surface area contributed by atoms with Gasteiger partial charge in [0.2, 0.25) is 0 Å². The molecule has 1 saturated carbocycles. The second kappa shape index (κ2) is 4.54. The molecule has 0 spiro atoms. The predicted molar refractivity (Wildman–Crippen MR) is 69.0 cm³/mol. The van der Waals surface area contributed by atoms with Gasteiger partial charge in [-0.25, -0.2) is 5.14 Å². The van der Waals surface area contributed by atoms with Gasteiger partial charge in [0.1, 0.15) is 0 Å². The summed E-state index contributed by atoms with van der Waals surface area (Å²) < 4.78 is 24.0. The highest BCUT2D eigenvalue weighted by atomic mass is 32.2. The van der Waals surface area contributed by atoms with Crippen molar-refractivity contribution < 1.29 is 8.42 Å². The second-order valence-corrected chi connectivity index (χ2v) is 5.79. The predicted octanol–water partition coefficient (Wildman–Crippen LogP) is 1.51. The Bertz CT molecular complexity index is 497. The van der Waals surface area contributed by atoms with E-state index in [1.165, 1.54) is 12.8 Å². The molecule has 0 amide bonds. The molecule has 94 valence electrons. The topological polar surface area (TPSA) is 84.2 Å². The van der Waals surface area contributed by atoms with Crippen LogP contribution in [-0.2, 0) is 10.2 Å². The molecule has 0 aliphatic heterocycles. The van der Waals surface area contributed by atoms with Crippen molar-refractivity contribution in [1.82, 2.24) is 0 Å². The SMILES string of the molecule is CC(Nc1cccc(NS(N)(=O)=O)c1)C1CC1. The van der Waals surface area contributed by atoms with E-state index in [0.29, 0.717) is 11.7 Å². The number of hydrogen-bond donors (Lipinski definition) is 3. The average Bonchev–Trinajstić information content (AvgIpc) is 2.97. The van der Waals surface area contributed by atoms with Gasteiger partial charge >= 0.3 is 0 Å². The third kappa shape index (κ3) is 3.90. The molecular weight excluding hydrogens is 238 g/mol. The minimum absolute atomic E-state index is 0.416. The van der Waals surface area contributed by atoms with E-state index in [1.807, 2.05) is 6.07 Å². The lowest BCUT2D eigenvalue weighted by atomic mass is 10.2.